The van der Waals surface area contributed by atoms with Gasteiger partial charge in [-0.1, -0.05) is 12.5 Å². The van der Waals surface area contributed by atoms with Crippen LogP contribution in [0, 0.1) is 5.41 Å². The highest BCUT2D eigenvalue weighted by Gasteiger charge is 2.45. The van der Waals surface area contributed by atoms with Crippen molar-refractivity contribution in [2.75, 3.05) is 6.61 Å². The molecule has 1 atom stereocenters. The van der Waals surface area contributed by atoms with Crippen LogP contribution in [0.2, 0.25) is 0 Å². The van der Waals surface area contributed by atoms with E-state index in [4.69, 9.17) is 4.74 Å². The number of esters is 1. The van der Waals surface area contributed by atoms with E-state index in [0.29, 0.717) is 6.42 Å². The predicted octanol–water partition coefficient (Wildman–Crippen LogP) is 2.39. The fourth-order valence-corrected chi connectivity index (χ4v) is 1.46. The zero-order chi connectivity index (χ0) is 12.8. The summed E-state index contributed by atoms with van der Waals surface area (Å²) in [4.78, 5) is 23.0. The Labute approximate surface area is 96.3 Å². The Bertz CT molecular complexity index is 283. The predicted molar refractivity (Wildman–Crippen MR) is 61.0 cm³/mol. The second-order valence-corrected chi connectivity index (χ2v) is 3.92. The van der Waals surface area contributed by atoms with Gasteiger partial charge >= 0.3 is 11.9 Å². The SMILES string of the molecule is C=C(C)CCC(CC)(C(=O)O)C(=O)OCC. The number of hydrogen-bond acceptors (Lipinski definition) is 3. The number of hydrogen-bond donors (Lipinski definition) is 1. The number of aliphatic carboxylic acids is 1. The largest absolute Gasteiger partial charge is 0.480 e. The average Bonchev–Trinajstić information content (AvgIpc) is 2.18. The molecule has 0 heterocycles. The van der Waals surface area contributed by atoms with Crippen molar-refractivity contribution in [2.45, 2.75) is 40.0 Å². The molecule has 0 spiro atoms. The molecule has 0 bridgehead atoms. The Morgan fingerprint density at radius 2 is 1.94 bits per heavy atom. The van der Waals surface area contributed by atoms with Crippen molar-refractivity contribution < 1.29 is 19.4 Å². The van der Waals surface area contributed by atoms with Crippen LogP contribution in [0.3, 0.4) is 0 Å². The Hall–Kier alpha value is -1.32. The zero-order valence-electron chi connectivity index (χ0n) is 10.2. The smallest absolute Gasteiger partial charge is 0.323 e. The molecule has 4 nitrogen and oxygen atoms in total. The van der Waals surface area contributed by atoms with Crippen molar-refractivity contribution in [3.05, 3.63) is 12.2 Å². The second-order valence-electron chi connectivity index (χ2n) is 3.92. The second kappa shape index (κ2) is 6.30. The Morgan fingerprint density at radius 1 is 1.38 bits per heavy atom. The lowest BCUT2D eigenvalue weighted by Crippen LogP contribution is -2.40. The summed E-state index contributed by atoms with van der Waals surface area (Å²) in [6.45, 7) is 9.07. The number of carbonyl (C=O) groups is 2. The molecule has 1 unspecified atom stereocenters. The summed E-state index contributed by atoms with van der Waals surface area (Å²) in [5.41, 5.74) is -0.557. The fraction of sp³-hybridized carbons (Fsp3) is 0.667. The molecule has 0 amide bonds. The first kappa shape index (κ1) is 14.7. The summed E-state index contributed by atoms with van der Waals surface area (Å²) in [5, 5.41) is 9.20. The minimum absolute atomic E-state index is 0.195. The summed E-state index contributed by atoms with van der Waals surface area (Å²) in [6, 6.07) is 0. The van der Waals surface area contributed by atoms with Gasteiger partial charge < -0.3 is 9.84 Å². The minimum atomic E-state index is -1.42. The van der Waals surface area contributed by atoms with Crippen molar-refractivity contribution in [1.29, 1.82) is 0 Å². The van der Waals surface area contributed by atoms with Crippen molar-refractivity contribution in [3.8, 4) is 0 Å². The van der Waals surface area contributed by atoms with Gasteiger partial charge in [0.1, 0.15) is 0 Å². The molecule has 0 saturated heterocycles. The molecule has 0 aromatic heterocycles. The van der Waals surface area contributed by atoms with E-state index in [2.05, 4.69) is 6.58 Å². The van der Waals surface area contributed by atoms with E-state index in [1.165, 1.54) is 0 Å². The molecule has 0 aromatic rings. The number of rotatable bonds is 7. The quantitative estimate of drug-likeness (QED) is 0.413. The first-order valence-corrected chi connectivity index (χ1v) is 5.45. The van der Waals surface area contributed by atoms with Gasteiger partial charge in [-0.15, -0.1) is 6.58 Å². The van der Waals surface area contributed by atoms with Gasteiger partial charge in [-0.25, -0.2) is 0 Å². The first-order chi connectivity index (χ1) is 7.40. The third kappa shape index (κ3) is 3.36. The van der Waals surface area contributed by atoms with Crippen LogP contribution in [0.15, 0.2) is 12.2 Å². The number of carboxylic acid groups (broad SMARTS) is 1. The zero-order valence-corrected chi connectivity index (χ0v) is 10.2. The van der Waals surface area contributed by atoms with Gasteiger partial charge in [-0.05, 0) is 33.1 Å². The standard InChI is InChI=1S/C12H20O4/c1-5-12(10(13)14,8-7-9(3)4)11(15)16-6-2/h3,5-8H2,1-2,4H3,(H,13,14). The monoisotopic (exact) mass is 228 g/mol. The van der Waals surface area contributed by atoms with Gasteiger partial charge in [0.05, 0.1) is 6.61 Å². The number of ether oxygens (including phenoxy) is 1. The van der Waals surface area contributed by atoms with Crippen LogP contribution in [0.4, 0.5) is 0 Å². The highest BCUT2D eigenvalue weighted by atomic mass is 16.5. The van der Waals surface area contributed by atoms with E-state index in [-0.39, 0.29) is 19.4 Å². The molecule has 0 aliphatic rings. The van der Waals surface area contributed by atoms with Gasteiger partial charge in [-0.3, -0.25) is 9.59 Å². The van der Waals surface area contributed by atoms with Crippen LogP contribution in [0.1, 0.15) is 40.0 Å². The highest BCUT2D eigenvalue weighted by Crippen LogP contribution is 2.31. The van der Waals surface area contributed by atoms with Crippen LogP contribution < -0.4 is 0 Å². The summed E-state index contributed by atoms with van der Waals surface area (Å²) in [5.74, 6) is -1.76. The third-order valence-electron chi connectivity index (χ3n) is 2.66. The van der Waals surface area contributed by atoms with E-state index in [9.17, 15) is 14.7 Å². The molecule has 0 aliphatic heterocycles. The number of carbonyl (C=O) groups excluding carboxylic acids is 1. The normalized spacial score (nSPS) is 13.9. The van der Waals surface area contributed by atoms with Crippen molar-refractivity contribution in [3.63, 3.8) is 0 Å². The molecule has 4 heteroatoms. The molecule has 0 rings (SSSR count). The molecule has 0 saturated carbocycles. The first-order valence-electron chi connectivity index (χ1n) is 5.45. The minimum Gasteiger partial charge on any atom is -0.480 e. The highest BCUT2D eigenvalue weighted by molar-refractivity contribution is 5.99. The van der Waals surface area contributed by atoms with E-state index in [1.807, 2.05) is 6.92 Å². The van der Waals surface area contributed by atoms with Crippen LogP contribution in [0.25, 0.3) is 0 Å². The maximum Gasteiger partial charge on any atom is 0.323 e. The Balaban J connectivity index is 4.91. The third-order valence-corrected chi connectivity index (χ3v) is 2.66. The summed E-state index contributed by atoms with van der Waals surface area (Å²) in [7, 11) is 0. The molecule has 92 valence electrons. The average molecular weight is 228 g/mol. The van der Waals surface area contributed by atoms with Gasteiger partial charge in [0.15, 0.2) is 5.41 Å². The fourth-order valence-electron chi connectivity index (χ4n) is 1.46. The summed E-state index contributed by atoms with van der Waals surface area (Å²) in [6.07, 6.45) is 0.987. The lowest BCUT2D eigenvalue weighted by Gasteiger charge is -2.25. The van der Waals surface area contributed by atoms with Gasteiger partial charge in [0, 0.05) is 0 Å². The van der Waals surface area contributed by atoms with E-state index >= 15 is 0 Å². The molecule has 1 N–H and O–H groups in total. The molecule has 16 heavy (non-hydrogen) atoms. The van der Waals surface area contributed by atoms with E-state index in [0.717, 1.165) is 5.57 Å². The van der Waals surface area contributed by atoms with E-state index in [1.54, 1.807) is 13.8 Å². The maximum atomic E-state index is 11.7. The Kier molecular flexibility index (Phi) is 5.78. The maximum absolute atomic E-state index is 11.7. The van der Waals surface area contributed by atoms with Gasteiger partial charge in [0.2, 0.25) is 0 Å². The number of allylic oxidation sites excluding steroid dienone is 1. The number of carboxylic acids is 1. The van der Waals surface area contributed by atoms with Crippen LogP contribution in [0.5, 0.6) is 0 Å². The van der Waals surface area contributed by atoms with Crippen LogP contribution >= 0.6 is 0 Å². The lowest BCUT2D eigenvalue weighted by atomic mass is 9.80. The lowest BCUT2D eigenvalue weighted by molar-refractivity contribution is -0.169. The topological polar surface area (TPSA) is 63.6 Å². The van der Waals surface area contributed by atoms with Crippen molar-refractivity contribution in [2.24, 2.45) is 5.41 Å². The molecule has 0 radical (unpaired) electrons. The van der Waals surface area contributed by atoms with Gasteiger partial charge in [0.25, 0.3) is 0 Å². The molecule has 0 aromatic carbocycles. The molecular weight excluding hydrogens is 208 g/mol. The molecule has 0 aliphatic carbocycles. The van der Waals surface area contributed by atoms with Crippen molar-refractivity contribution >= 4 is 11.9 Å². The molecular formula is C12H20O4. The van der Waals surface area contributed by atoms with Crippen LogP contribution in [-0.4, -0.2) is 23.7 Å². The van der Waals surface area contributed by atoms with E-state index < -0.39 is 17.4 Å². The summed E-state index contributed by atoms with van der Waals surface area (Å²) < 4.78 is 4.84. The molecule has 0 fully saturated rings. The summed E-state index contributed by atoms with van der Waals surface area (Å²) >= 11 is 0. The Morgan fingerprint density at radius 3 is 2.25 bits per heavy atom. The van der Waals surface area contributed by atoms with Crippen LogP contribution in [-0.2, 0) is 14.3 Å². The van der Waals surface area contributed by atoms with Gasteiger partial charge in [-0.2, -0.15) is 0 Å². The van der Waals surface area contributed by atoms with Crippen molar-refractivity contribution in [1.82, 2.24) is 0 Å².